The lowest BCUT2D eigenvalue weighted by atomic mass is 10.1. The molecule has 120 valence electrons. The standard InChI is InChI=1S/C17H16BrFN2O2/c1-2-9-20-16(22)12-5-3-4-6-15(12)21-17(23)13-10-11(18)7-8-14(13)19/h3-8,10H,2,9H2,1H3,(H,20,22)(H,21,23). The lowest BCUT2D eigenvalue weighted by Crippen LogP contribution is -2.26. The average Bonchev–Trinajstić information content (AvgIpc) is 2.55. The van der Waals surface area contributed by atoms with Gasteiger partial charge in [0.25, 0.3) is 11.8 Å². The van der Waals surface area contributed by atoms with Gasteiger partial charge in [-0.1, -0.05) is 35.0 Å². The van der Waals surface area contributed by atoms with Crippen LogP contribution < -0.4 is 10.6 Å². The Balaban J connectivity index is 2.24. The van der Waals surface area contributed by atoms with Gasteiger partial charge >= 0.3 is 0 Å². The molecule has 0 aliphatic carbocycles. The summed E-state index contributed by atoms with van der Waals surface area (Å²) in [6.45, 7) is 2.49. The van der Waals surface area contributed by atoms with Crippen molar-refractivity contribution in [3.05, 3.63) is 63.9 Å². The minimum Gasteiger partial charge on any atom is -0.352 e. The van der Waals surface area contributed by atoms with Crippen LogP contribution in [0.2, 0.25) is 0 Å². The molecule has 2 rings (SSSR count). The van der Waals surface area contributed by atoms with Gasteiger partial charge in [0.2, 0.25) is 0 Å². The molecular weight excluding hydrogens is 363 g/mol. The lowest BCUT2D eigenvalue weighted by molar-refractivity contribution is 0.0954. The van der Waals surface area contributed by atoms with Gasteiger partial charge in [0.15, 0.2) is 0 Å². The fraction of sp³-hybridized carbons (Fsp3) is 0.176. The molecule has 0 aliphatic heterocycles. The fourth-order valence-electron chi connectivity index (χ4n) is 1.99. The molecule has 0 aromatic heterocycles. The van der Waals surface area contributed by atoms with Crippen LogP contribution in [-0.2, 0) is 0 Å². The number of para-hydroxylation sites is 1. The normalized spacial score (nSPS) is 10.2. The predicted octanol–water partition coefficient (Wildman–Crippen LogP) is 3.98. The fourth-order valence-corrected chi connectivity index (χ4v) is 2.35. The van der Waals surface area contributed by atoms with Crippen LogP contribution in [0.3, 0.4) is 0 Å². The number of hydrogen-bond acceptors (Lipinski definition) is 2. The number of benzene rings is 2. The Morgan fingerprint density at radius 3 is 2.57 bits per heavy atom. The van der Waals surface area contributed by atoms with Crippen molar-refractivity contribution in [3.8, 4) is 0 Å². The van der Waals surface area contributed by atoms with E-state index in [1.165, 1.54) is 18.2 Å². The molecule has 0 radical (unpaired) electrons. The maximum absolute atomic E-state index is 13.8. The van der Waals surface area contributed by atoms with Crippen LogP contribution in [0.5, 0.6) is 0 Å². The second-order valence-corrected chi connectivity index (χ2v) is 5.80. The molecule has 0 spiro atoms. The molecule has 0 saturated carbocycles. The summed E-state index contributed by atoms with van der Waals surface area (Å²) in [5.74, 6) is -1.52. The zero-order valence-electron chi connectivity index (χ0n) is 12.5. The maximum Gasteiger partial charge on any atom is 0.258 e. The van der Waals surface area contributed by atoms with Gasteiger partial charge in [0, 0.05) is 11.0 Å². The van der Waals surface area contributed by atoms with Crippen LogP contribution in [0.1, 0.15) is 34.1 Å². The molecule has 0 heterocycles. The van der Waals surface area contributed by atoms with E-state index in [0.717, 1.165) is 6.42 Å². The van der Waals surface area contributed by atoms with Gasteiger partial charge in [-0.05, 0) is 36.8 Å². The first-order valence-electron chi connectivity index (χ1n) is 7.16. The lowest BCUT2D eigenvalue weighted by Gasteiger charge is -2.11. The van der Waals surface area contributed by atoms with Gasteiger partial charge in [-0.2, -0.15) is 0 Å². The number of rotatable bonds is 5. The number of hydrogen-bond donors (Lipinski definition) is 2. The van der Waals surface area contributed by atoms with E-state index in [1.54, 1.807) is 24.3 Å². The Kier molecular flexibility index (Phi) is 5.87. The predicted molar refractivity (Wildman–Crippen MR) is 91.1 cm³/mol. The summed E-state index contributed by atoms with van der Waals surface area (Å²) >= 11 is 3.21. The Bertz CT molecular complexity index is 734. The van der Waals surface area contributed by atoms with Crippen molar-refractivity contribution in [1.82, 2.24) is 5.32 Å². The summed E-state index contributed by atoms with van der Waals surface area (Å²) in [6.07, 6.45) is 0.809. The number of carbonyl (C=O) groups is 2. The Hall–Kier alpha value is -2.21. The number of carbonyl (C=O) groups excluding carboxylic acids is 2. The highest BCUT2D eigenvalue weighted by molar-refractivity contribution is 9.10. The van der Waals surface area contributed by atoms with Gasteiger partial charge in [-0.25, -0.2) is 4.39 Å². The number of amides is 2. The summed E-state index contributed by atoms with van der Waals surface area (Å²) in [6, 6.07) is 10.7. The van der Waals surface area contributed by atoms with Crippen LogP contribution >= 0.6 is 15.9 Å². The van der Waals surface area contributed by atoms with E-state index < -0.39 is 11.7 Å². The number of halogens is 2. The summed E-state index contributed by atoms with van der Waals surface area (Å²) in [5, 5.41) is 5.34. The molecule has 23 heavy (non-hydrogen) atoms. The van der Waals surface area contributed by atoms with E-state index in [2.05, 4.69) is 26.6 Å². The molecular formula is C17H16BrFN2O2. The molecule has 2 aromatic rings. The Morgan fingerprint density at radius 1 is 1.09 bits per heavy atom. The van der Waals surface area contributed by atoms with Gasteiger partial charge < -0.3 is 10.6 Å². The maximum atomic E-state index is 13.8. The molecule has 0 unspecified atom stereocenters. The first kappa shape index (κ1) is 17.1. The molecule has 0 fully saturated rings. The molecule has 0 saturated heterocycles. The van der Waals surface area contributed by atoms with E-state index in [1.807, 2.05) is 6.92 Å². The van der Waals surface area contributed by atoms with E-state index >= 15 is 0 Å². The third-order valence-electron chi connectivity index (χ3n) is 3.13. The van der Waals surface area contributed by atoms with E-state index in [-0.39, 0.29) is 11.5 Å². The average molecular weight is 379 g/mol. The summed E-state index contributed by atoms with van der Waals surface area (Å²) in [5.41, 5.74) is 0.582. The summed E-state index contributed by atoms with van der Waals surface area (Å²) in [7, 11) is 0. The molecule has 2 aromatic carbocycles. The van der Waals surface area contributed by atoms with Crippen LogP contribution in [0.25, 0.3) is 0 Å². The molecule has 2 N–H and O–H groups in total. The highest BCUT2D eigenvalue weighted by atomic mass is 79.9. The first-order valence-corrected chi connectivity index (χ1v) is 7.96. The quantitative estimate of drug-likeness (QED) is 0.826. The second-order valence-electron chi connectivity index (χ2n) is 4.88. The first-order chi connectivity index (χ1) is 11.0. The molecule has 4 nitrogen and oxygen atoms in total. The Labute approximate surface area is 142 Å². The van der Waals surface area contributed by atoms with E-state index in [4.69, 9.17) is 0 Å². The third-order valence-corrected chi connectivity index (χ3v) is 3.62. The van der Waals surface area contributed by atoms with E-state index in [0.29, 0.717) is 22.3 Å². The molecule has 0 atom stereocenters. The monoisotopic (exact) mass is 378 g/mol. The smallest absolute Gasteiger partial charge is 0.258 e. The topological polar surface area (TPSA) is 58.2 Å². The van der Waals surface area contributed by atoms with Gasteiger partial charge in [-0.3, -0.25) is 9.59 Å². The minimum atomic E-state index is -0.626. The number of nitrogens with one attached hydrogen (secondary N) is 2. The third kappa shape index (κ3) is 4.39. The van der Waals surface area contributed by atoms with Crippen LogP contribution in [-0.4, -0.2) is 18.4 Å². The summed E-state index contributed by atoms with van der Waals surface area (Å²) < 4.78 is 14.4. The van der Waals surface area contributed by atoms with Crippen molar-refractivity contribution in [1.29, 1.82) is 0 Å². The second kappa shape index (κ2) is 7.87. The SMILES string of the molecule is CCCNC(=O)c1ccccc1NC(=O)c1cc(Br)ccc1F. The molecule has 0 aliphatic rings. The Morgan fingerprint density at radius 2 is 1.83 bits per heavy atom. The van der Waals surface area contributed by atoms with Crippen molar-refractivity contribution in [2.45, 2.75) is 13.3 Å². The van der Waals surface area contributed by atoms with Crippen molar-refractivity contribution < 1.29 is 14.0 Å². The van der Waals surface area contributed by atoms with Gasteiger partial charge in [0.1, 0.15) is 5.82 Å². The zero-order valence-corrected chi connectivity index (χ0v) is 14.1. The van der Waals surface area contributed by atoms with Crippen molar-refractivity contribution >= 4 is 33.4 Å². The van der Waals surface area contributed by atoms with Gasteiger partial charge in [-0.15, -0.1) is 0 Å². The highest BCUT2D eigenvalue weighted by Crippen LogP contribution is 2.19. The summed E-state index contributed by atoms with van der Waals surface area (Å²) in [4.78, 5) is 24.4. The zero-order chi connectivity index (χ0) is 16.8. The van der Waals surface area contributed by atoms with Crippen LogP contribution in [0, 0.1) is 5.82 Å². The minimum absolute atomic E-state index is 0.0943. The van der Waals surface area contributed by atoms with E-state index in [9.17, 15) is 14.0 Å². The highest BCUT2D eigenvalue weighted by Gasteiger charge is 2.16. The molecule has 0 bridgehead atoms. The molecule has 2 amide bonds. The van der Waals surface area contributed by atoms with Crippen molar-refractivity contribution in [3.63, 3.8) is 0 Å². The van der Waals surface area contributed by atoms with Gasteiger partial charge in [0.05, 0.1) is 16.8 Å². The molecule has 6 heteroatoms. The van der Waals surface area contributed by atoms with Crippen molar-refractivity contribution in [2.24, 2.45) is 0 Å². The number of anilines is 1. The van der Waals surface area contributed by atoms with Crippen LogP contribution in [0.4, 0.5) is 10.1 Å². The van der Waals surface area contributed by atoms with Crippen molar-refractivity contribution in [2.75, 3.05) is 11.9 Å². The van der Waals surface area contributed by atoms with Crippen LogP contribution in [0.15, 0.2) is 46.9 Å². The largest absolute Gasteiger partial charge is 0.352 e.